The molecule has 1 amide bonds. The van der Waals surface area contributed by atoms with Gasteiger partial charge in [0, 0.05) is 37.8 Å². The first-order chi connectivity index (χ1) is 17.9. The van der Waals surface area contributed by atoms with Crippen LogP contribution in [0.4, 0.5) is 10.1 Å². The van der Waals surface area contributed by atoms with Crippen LogP contribution in [0.2, 0.25) is 0 Å². The molecule has 1 aliphatic heterocycles. The lowest BCUT2D eigenvalue weighted by Crippen LogP contribution is -2.61. The normalized spacial score (nSPS) is 20.6. The second-order valence-corrected chi connectivity index (χ2v) is 10.7. The number of aromatic nitrogens is 5. The summed E-state index contributed by atoms with van der Waals surface area (Å²) >= 11 is 3.51. The molecule has 3 aromatic heterocycles. The first-order valence-electron chi connectivity index (χ1n) is 12.3. The second-order valence-electron chi connectivity index (χ2n) is 9.93. The molecule has 6 rings (SSSR count). The van der Waals surface area contributed by atoms with E-state index in [0.29, 0.717) is 46.8 Å². The fourth-order valence-electron chi connectivity index (χ4n) is 5.22. The number of pyridine rings is 1. The molecule has 2 atom stereocenters. The predicted molar refractivity (Wildman–Crippen MR) is 140 cm³/mol. The van der Waals surface area contributed by atoms with Crippen molar-refractivity contribution in [1.82, 2.24) is 35.4 Å². The van der Waals surface area contributed by atoms with E-state index in [1.165, 1.54) is 0 Å². The highest BCUT2D eigenvalue weighted by Crippen LogP contribution is 2.34. The van der Waals surface area contributed by atoms with Gasteiger partial charge in [-0.05, 0) is 64.7 Å². The second kappa shape index (κ2) is 9.43. The maximum Gasteiger partial charge on any atom is 0.223 e. The van der Waals surface area contributed by atoms with Crippen LogP contribution in [0.25, 0.3) is 32.5 Å². The summed E-state index contributed by atoms with van der Waals surface area (Å²) < 4.78 is 16.5. The number of fused-ring (bicyclic) bond motifs is 2. The van der Waals surface area contributed by atoms with Crippen molar-refractivity contribution in [2.24, 2.45) is 11.8 Å². The fraction of sp³-hybridized carbons (Fsp3) is 0.385. The predicted octanol–water partition coefficient (Wildman–Crippen LogP) is 4.06. The number of hydrogen-bond donors (Lipinski definition) is 2. The molecule has 0 unspecified atom stereocenters. The van der Waals surface area contributed by atoms with E-state index in [1.807, 2.05) is 18.2 Å². The monoisotopic (exact) mass is 562 g/mol. The van der Waals surface area contributed by atoms with Crippen molar-refractivity contribution in [3.8, 4) is 5.69 Å². The Hall–Kier alpha value is -3.49. The van der Waals surface area contributed by atoms with Crippen molar-refractivity contribution >= 4 is 49.5 Å². The Morgan fingerprint density at radius 1 is 1.32 bits per heavy atom. The summed E-state index contributed by atoms with van der Waals surface area (Å²) in [6, 6.07) is 7.47. The van der Waals surface area contributed by atoms with Gasteiger partial charge in [-0.3, -0.25) is 9.78 Å². The maximum atomic E-state index is 14.2. The molecule has 0 bridgehead atoms. The number of carbonyl (C=O) groups excluding carboxylic acids is 1. The topological polar surface area (TPSA) is 102 Å². The number of amides is 1. The number of halogens is 2. The average molecular weight is 563 g/mol. The molecule has 188 valence electrons. The molecule has 1 aliphatic carbocycles. The Bertz CT molecular complexity index is 1560. The zero-order valence-electron chi connectivity index (χ0n) is 19.9. The van der Waals surface area contributed by atoms with Gasteiger partial charge < -0.3 is 10.6 Å². The van der Waals surface area contributed by atoms with E-state index in [4.69, 9.17) is 11.6 Å². The Morgan fingerprint density at radius 2 is 2.19 bits per heavy atom. The molecular formula is C26H24BrFN8O. The van der Waals surface area contributed by atoms with Gasteiger partial charge in [-0.15, -0.1) is 0 Å². The van der Waals surface area contributed by atoms with Gasteiger partial charge in [-0.2, -0.15) is 5.10 Å². The van der Waals surface area contributed by atoms with Crippen LogP contribution in [0, 0.1) is 18.4 Å². The Morgan fingerprint density at radius 3 is 2.97 bits per heavy atom. The quantitative estimate of drug-likeness (QED) is 0.343. The van der Waals surface area contributed by atoms with Crippen molar-refractivity contribution in [3.63, 3.8) is 0 Å². The number of hydrogen-bond acceptors (Lipinski definition) is 6. The standard InChI is InChI=1S/C26H24BrFN8O/c1-29-20-10-18(9-16-3-2-6-31-22(16)20)36-24-19(23(27)35-36)11-32-21(34-24)8-15-4-5-17(7-15)25(37)33-14-26(28)12-30-13-26/h2-3,6,9-11,15,17,30H,4-5,7-8,12-14H2,(H,33,37)/t15-,17+/m1/s1. The van der Waals surface area contributed by atoms with Crippen LogP contribution in [0.15, 0.2) is 41.3 Å². The van der Waals surface area contributed by atoms with Gasteiger partial charge in [0.15, 0.2) is 11.3 Å². The molecular weight excluding hydrogens is 539 g/mol. The number of carbonyl (C=O) groups is 1. The molecule has 37 heavy (non-hydrogen) atoms. The van der Waals surface area contributed by atoms with Crippen molar-refractivity contribution in [2.45, 2.75) is 31.4 Å². The molecule has 4 heterocycles. The molecule has 0 spiro atoms. The van der Waals surface area contributed by atoms with Crippen LogP contribution in [0.5, 0.6) is 0 Å². The van der Waals surface area contributed by atoms with Crippen molar-refractivity contribution < 1.29 is 9.18 Å². The Balaban J connectivity index is 1.22. The highest BCUT2D eigenvalue weighted by molar-refractivity contribution is 9.10. The average Bonchev–Trinajstić information content (AvgIpc) is 3.49. The lowest BCUT2D eigenvalue weighted by Gasteiger charge is -2.35. The molecule has 2 N–H and O–H groups in total. The lowest BCUT2D eigenvalue weighted by molar-refractivity contribution is -0.125. The Labute approximate surface area is 220 Å². The summed E-state index contributed by atoms with van der Waals surface area (Å²) in [6.07, 6.45) is 6.50. The largest absolute Gasteiger partial charge is 0.353 e. The zero-order chi connectivity index (χ0) is 25.6. The minimum Gasteiger partial charge on any atom is -0.353 e. The number of nitrogens with one attached hydrogen (secondary N) is 2. The van der Waals surface area contributed by atoms with Crippen molar-refractivity contribution in [1.29, 1.82) is 0 Å². The van der Waals surface area contributed by atoms with E-state index in [9.17, 15) is 9.18 Å². The van der Waals surface area contributed by atoms with Crippen molar-refractivity contribution in [3.05, 3.63) is 58.5 Å². The third-order valence-electron chi connectivity index (χ3n) is 7.31. The SMILES string of the molecule is [C-]#[N+]c1cc(-n2nc(Br)c3cnc(C[C@@H]4CC[C@H](C(=O)NCC5(F)CNC5)C4)nc32)cc2cccnc12. The van der Waals surface area contributed by atoms with Gasteiger partial charge >= 0.3 is 0 Å². The molecule has 2 aliphatic rings. The van der Waals surface area contributed by atoms with Gasteiger partial charge in [-0.1, -0.05) is 6.07 Å². The van der Waals surface area contributed by atoms with Crippen LogP contribution in [-0.2, 0) is 11.2 Å². The summed E-state index contributed by atoms with van der Waals surface area (Å²) in [5.41, 5.74) is 1.15. The Kier molecular flexibility index (Phi) is 6.09. The molecule has 2 fully saturated rings. The molecule has 9 nitrogen and oxygen atoms in total. The van der Waals surface area contributed by atoms with E-state index in [-0.39, 0.29) is 24.3 Å². The van der Waals surface area contributed by atoms with Gasteiger partial charge in [0.05, 0.1) is 29.7 Å². The van der Waals surface area contributed by atoms with E-state index in [0.717, 1.165) is 35.7 Å². The van der Waals surface area contributed by atoms with Gasteiger partial charge in [-0.25, -0.2) is 23.9 Å². The highest BCUT2D eigenvalue weighted by atomic mass is 79.9. The van der Waals surface area contributed by atoms with Crippen LogP contribution in [0.3, 0.4) is 0 Å². The van der Waals surface area contributed by atoms with Gasteiger partial charge in [0.2, 0.25) is 11.6 Å². The first kappa shape index (κ1) is 23.9. The van der Waals surface area contributed by atoms with Gasteiger partial charge in [0.1, 0.15) is 10.4 Å². The maximum absolute atomic E-state index is 14.2. The van der Waals surface area contributed by atoms with Crippen molar-refractivity contribution in [2.75, 3.05) is 19.6 Å². The molecule has 11 heteroatoms. The molecule has 1 saturated heterocycles. The number of rotatable bonds is 6. The summed E-state index contributed by atoms with van der Waals surface area (Å²) in [5, 5.41) is 11.9. The molecule has 1 aromatic carbocycles. The van der Waals surface area contributed by atoms with Crippen LogP contribution in [-0.4, -0.2) is 55.9 Å². The summed E-state index contributed by atoms with van der Waals surface area (Å²) in [6.45, 7) is 8.26. The fourth-order valence-corrected chi connectivity index (χ4v) is 5.65. The smallest absolute Gasteiger partial charge is 0.223 e. The third-order valence-corrected chi connectivity index (χ3v) is 7.90. The van der Waals surface area contributed by atoms with Crippen LogP contribution < -0.4 is 10.6 Å². The summed E-state index contributed by atoms with van der Waals surface area (Å²) in [5.74, 6) is 0.788. The van der Waals surface area contributed by atoms with Gasteiger partial charge in [0.25, 0.3) is 0 Å². The molecule has 0 radical (unpaired) electrons. The lowest BCUT2D eigenvalue weighted by atomic mass is 9.98. The number of nitrogens with zero attached hydrogens (tertiary/aromatic N) is 6. The van der Waals surface area contributed by atoms with E-state index in [2.05, 4.69) is 46.5 Å². The number of alkyl halides is 1. The number of benzene rings is 1. The minimum absolute atomic E-state index is 0.0637. The van der Waals surface area contributed by atoms with Crippen LogP contribution >= 0.6 is 15.9 Å². The highest BCUT2D eigenvalue weighted by Gasteiger charge is 2.38. The molecule has 4 aromatic rings. The van der Waals surface area contributed by atoms with E-state index < -0.39 is 5.67 Å². The van der Waals surface area contributed by atoms with E-state index in [1.54, 1.807) is 23.1 Å². The summed E-state index contributed by atoms with van der Waals surface area (Å²) in [7, 11) is 0. The first-order valence-corrected chi connectivity index (χ1v) is 13.1. The zero-order valence-corrected chi connectivity index (χ0v) is 21.5. The molecule has 1 saturated carbocycles. The van der Waals surface area contributed by atoms with Crippen LogP contribution in [0.1, 0.15) is 25.1 Å². The minimum atomic E-state index is -1.31. The van der Waals surface area contributed by atoms with E-state index >= 15 is 0 Å². The third kappa shape index (κ3) is 4.55. The summed E-state index contributed by atoms with van der Waals surface area (Å²) in [4.78, 5) is 30.0.